The van der Waals surface area contributed by atoms with E-state index in [-0.39, 0.29) is 11.5 Å². The topological polar surface area (TPSA) is 49.4 Å². The fraction of sp³-hybridized carbons (Fsp3) is 0.0833. The standard InChI is InChI=1S/C24H19FN2O2/c1-15-3-7-17(8-4-15)21-22(26-19-11-9-18(25)10-12-19)24(29)27(23(21)28)20-13-5-16(2)6-14-20/h3-14,26H,1-2H3. The van der Waals surface area contributed by atoms with Gasteiger partial charge in [0.25, 0.3) is 11.8 Å². The minimum absolute atomic E-state index is 0.172. The van der Waals surface area contributed by atoms with E-state index in [0.29, 0.717) is 22.5 Å². The van der Waals surface area contributed by atoms with E-state index in [9.17, 15) is 14.0 Å². The van der Waals surface area contributed by atoms with Crippen LogP contribution in [0.4, 0.5) is 15.8 Å². The Morgan fingerprint density at radius 3 is 1.86 bits per heavy atom. The van der Waals surface area contributed by atoms with Gasteiger partial charge in [-0.25, -0.2) is 9.29 Å². The molecule has 0 fully saturated rings. The van der Waals surface area contributed by atoms with Gasteiger partial charge in [0, 0.05) is 5.69 Å². The van der Waals surface area contributed by atoms with E-state index in [1.54, 1.807) is 12.1 Å². The zero-order chi connectivity index (χ0) is 20.5. The maximum atomic E-state index is 13.3. The lowest BCUT2D eigenvalue weighted by molar-refractivity contribution is -0.120. The lowest BCUT2D eigenvalue weighted by Crippen LogP contribution is -2.32. The monoisotopic (exact) mass is 386 g/mol. The molecule has 29 heavy (non-hydrogen) atoms. The first-order valence-electron chi connectivity index (χ1n) is 9.23. The largest absolute Gasteiger partial charge is 0.350 e. The highest BCUT2D eigenvalue weighted by Gasteiger charge is 2.40. The SMILES string of the molecule is Cc1ccc(C2=C(Nc3ccc(F)cc3)C(=O)N(c3ccc(C)cc3)C2=O)cc1. The van der Waals surface area contributed by atoms with Crippen LogP contribution in [-0.2, 0) is 9.59 Å². The number of amides is 2. The molecule has 5 heteroatoms. The van der Waals surface area contributed by atoms with Crippen LogP contribution in [0.15, 0.2) is 78.5 Å². The van der Waals surface area contributed by atoms with Crippen molar-refractivity contribution in [2.45, 2.75) is 13.8 Å². The molecule has 0 unspecified atom stereocenters. The fourth-order valence-corrected chi connectivity index (χ4v) is 3.24. The van der Waals surface area contributed by atoms with E-state index in [1.165, 1.54) is 29.2 Å². The Hall–Kier alpha value is -3.73. The summed E-state index contributed by atoms with van der Waals surface area (Å²) in [7, 11) is 0. The number of imide groups is 1. The van der Waals surface area contributed by atoms with Crippen molar-refractivity contribution in [2.24, 2.45) is 0 Å². The van der Waals surface area contributed by atoms with E-state index in [0.717, 1.165) is 11.1 Å². The molecule has 0 aromatic heterocycles. The maximum Gasteiger partial charge on any atom is 0.282 e. The van der Waals surface area contributed by atoms with Gasteiger partial charge in [0.05, 0.1) is 11.3 Å². The van der Waals surface area contributed by atoms with Gasteiger partial charge in [-0.3, -0.25) is 9.59 Å². The molecule has 3 aromatic carbocycles. The highest BCUT2D eigenvalue weighted by molar-refractivity contribution is 6.46. The number of halogens is 1. The van der Waals surface area contributed by atoms with Crippen LogP contribution < -0.4 is 10.2 Å². The molecule has 4 nitrogen and oxygen atoms in total. The first-order valence-corrected chi connectivity index (χ1v) is 9.23. The summed E-state index contributed by atoms with van der Waals surface area (Å²) in [5, 5.41) is 3.02. The van der Waals surface area contributed by atoms with E-state index in [1.807, 2.05) is 50.2 Å². The predicted octanol–water partition coefficient (Wildman–Crippen LogP) is 4.84. The number of anilines is 2. The minimum atomic E-state index is -0.446. The second-order valence-electron chi connectivity index (χ2n) is 7.03. The van der Waals surface area contributed by atoms with E-state index < -0.39 is 11.8 Å². The zero-order valence-electron chi connectivity index (χ0n) is 16.1. The van der Waals surface area contributed by atoms with Crippen molar-refractivity contribution in [2.75, 3.05) is 10.2 Å². The van der Waals surface area contributed by atoms with Crippen LogP contribution in [0, 0.1) is 19.7 Å². The molecule has 0 bridgehead atoms. The summed E-state index contributed by atoms with van der Waals surface area (Å²) in [4.78, 5) is 27.7. The molecular weight excluding hydrogens is 367 g/mol. The molecule has 0 saturated heterocycles. The van der Waals surface area contributed by atoms with E-state index in [2.05, 4.69) is 5.32 Å². The average Bonchev–Trinajstić information content (AvgIpc) is 2.95. The summed E-state index contributed by atoms with van der Waals surface area (Å²) in [6.45, 7) is 3.89. The molecule has 1 aliphatic rings. The molecule has 2 amide bonds. The first kappa shape index (κ1) is 18.6. The van der Waals surface area contributed by atoms with Crippen molar-refractivity contribution >= 4 is 28.8 Å². The summed E-state index contributed by atoms with van der Waals surface area (Å²) in [6.07, 6.45) is 0. The number of rotatable bonds is 4. The van der Waals surface area contributed by atoms with E-state index >= 15 is 0 Å². The van der Waals surface area contributed by atoms with Crippen molar-refractivity contribution in [3.63, 3.8) is 0 Å². The molecule has 0 saturated carbocycles. The smallest absolute Gasteiger partial charge is 0.282 e. The third kappa shape index (κ3) is 3.55. The molecule has 144 valence electrons. The maximum absolute atomic E-state index is 13.3. The summed E-state index contributed by atoms with van der Waals surface area (Å²) in [6, 6.07) is 20.3. The number of hydrogen-bond acceptors (Lipinski definition) is 3. The number of carbonyl (C=O) groups excluding carboxylic acids is 2. The van der Waals surface area contributed by atoms with Crippen LogP contribution >= 0.6 is 0 Å². The van der Waals surface area contributed by atoms with Gasteiger partial charge in [0.15, 0.2) is 0 Å². The summed E-state index contributed by atoms with van der Waals surface area (Å²) >= 11 is 0. The first-order chi connectivity index (χ1) is 13.9. The molecule has 0 atom stereocenters. The molecule has 0 radical (unpaired) electrons. The quantitative estimate of drug-likeness (QED) is 0.653. The van der Waals surface area contributed by atoms with Crippen LogP contribution in [0.2, 0.25) is 0 Å². The number of benzene rings is 3. The number of nitrogens with zero attached hydrogens (tertiary/aromatic N) is 1. The Morgan fingerprint density at radius 1 is 0.724 bits per heavy atom. The zero-order valence-corrected chi connectivity index (χ0v) is 16.1. The van der Waals surface area contributed by atoms with Crippen LogP contribution in [0.5, 0.6) is 0 Å². The van der Waals surface area contributed by atoms with Crippen LogP contribution in [0.3, 0.4) is 0 Å². The summed E-state index contributed by atoms with van der Waals surface area (Å²) in [5.41, 5.74) is 4.22. The van der Waals surface area contributed by atoms with Gasteiger partial charge in [-0.05, 0) is 55.8 Å². The van der Waals surface area contributed by atoms with Gasteiger partial charge in [0.2, 0.25) is 0 Å². The number of carbonyl (C=O) groups is 2. The molecule has 1 aliphatic heterocycles. The average molecular weight is 386 g/mol. The Balaban J connectivity index is 1.80. The Kier molecular flexibility index (Phi) is 4.72. The highest BCUT2D eigenvalue weighted by Crippen LogP contribution is 2.34. The van der Waals surface area contributed by atoms with Crippen LogP contribution in [0.25, 0.3) is 5.57 Å². The molecule has 1 N–H and O–H groups in total. The molecule has 4 rings (SSSR count). The number of aryl methyl sites for hydroxylation is 2. The van der Waals surface area contributed by atoms with Gasteiger partial charge in [-0.2, -0.15) is 0 Å². The Morgan fingerprint density at radius 2 is 1.28 bits per heavy atom. The molecule has 3 aromatic rings. The predicted molar refractivity (Wildman–Crippen MR) is 112 cm³/mol. The molecule has 0 aliphatic carbocycles. The van der Waals surface area contributed by atoms with Crippen LogP contribution in [0.1, 0.15) is 16.7 Å². The second kappa shape index (κ2) is 7.36. The highest BCUT2D eigenvalue weighted by atomic mass is 19.1. The van der Waals surface area contributed by atoms with Gasteiger partial charge >= 0.3 is 0 Å². The van der Waals surface area contributed by atoms with Gasteiger partial charge in [-0.15, -0.1) is 0 Å². The number of nitrogens with one attached hydrogen (secondary N) is 1. The van der Waals surface area contributed by atoms with Crippen molar-refractivity contribution in [3.8, 4) is 0 Å². The molecular formula is C24H19FN2O2. The Labute approximate surface area is 168 Å². The third-order valence-corrected chi connectivity index (χ3v) is 4.83. The van der Waals surface area contributed by atoms with Gasteiger partial charge in [-0.1, -0.05) is 47.5 Å². The van der Waals surface area contributed by atoms with Gasteiger partial charge < -0.3 is 5.32 Å². The van der Waals surface area contributed by atoms with Crippen LogP contribution in [-0.4, -0.2) is 11.8 Å². The molecule has 0 spiro atoms. The minimum Gasteiger partial charge on any atom is -0.350 e. The number of hydrogen-bond donors (Lipinski definition) is 1. The van der Waals surface area contributed by atoms with Crippen molar-refractivity contribution < 1.29 is 14.0 Å². The lowest BCUT2D eigenvalue weighted by Gasteiger charge is -2.15. The lowest BCUT2D eigenvalue weighted by atomic mass is 10.0. The van der Waals surface area contributed by atoms with E-state index in [4.69, 9.17) is 0 Å². The normalized spacial score (nSPS) is 14.0. The Bertz CT molecular complexity index is 1120. The second-order valence-corrected chi connectivity index (χ2v) is 7.03. The molecule has 1 heterocycles. The van der Waals surface area contributed by atoms with Crippen molar-refractivity contribution in [1.82, 2.24) is 0 Å². The van der Waals surface area contributed by atoms with Gasteiger partial charge in [0.1, 0.15) is 11.5 Å². The van der Waals surface area contributed by atoms with Crippen molar-refractivity contribution in [3.05, 3.63) is 101 Å². The third-order valence-electron chi connectivity index (χ3n) is 4.83. The summed E-state index contributed by atoms with van der Waals surface area (Å²) in [5.74, 6) is -1.22. The fourth-order valence-electron chi connectivity index (χ4n) is 3.24. The summed E-state index contributed by atoms with van der Waals surface area (Å²) < 4.78 is 13.3. The van der Waals surface area contributed by atoms with Crippen molar-refractivity contribution in [1.29, 1.82) is 0 Å².